The Morgan fingerprint density at radius 3 is 2.58 bits per heavy atom. The summed E-state index contributed by atoms with van der Waals surface area (Å²) >= 11 is 2.13. The van der Waals surface area contributed by atoms with E-state index in [2.05, 4.69) is 33.2 Å². The molecule has 0 atom stereocenters. The molecule has 2 amide bonds. The predicted molar refractivity (Wildman–Crippen MR) is 104 cm³/mol. The molecule has 0 saturated carbocycles. The number of hydrogen-bond acceptors (Lipinski definition) is 5. The van der Waals surface area contributed by atoms with E-state index in [4.69, 9.17) is 9.47 Å². The third-order valence-corrected chi connectivity index (χ3v) is 3.89. The lowest BCUT2D eigenvalue weighted by Gasteiger charge is -2.09. The Hall–Kier alpha value is -2.62. The molecule has 2 aromatic rings. The highest BCUT2D eigenvalue weighted by molar-refractivity contribution is 14.1. The molecule has 0 unspecified atom stereocenters. The molecule has 8 heteroatoms. The van der Waals surface area contributed by atoms with Crippen molar-refractivity contribution in [1.82, 2.24) is 5.32 Å². The summed E-state index contributed by atoms with van der Waals surface area (Å²) in [6.45, 7) is -0.789. The fourth-order valence-electron chi connectivity index (χ4n) is 2.04. The van der Waals surface area contributed by atoms with Gasteiger partial charge in [-0.1, -0.05) is 18.2 Å². The summed E-state index contributed by atoms with van der Waals surface area (Å²) in [6, 6.07) is 13.8. The van der Waals surface area contributed by atoms with Crippen LogP contribution in [0.3, 0.4) is 0 Å². The van der Waals surface area contributed by atoms with Gasteiger partial charge in [0.25, 0.3) is 11.8 Å². The Balaban J connectivity index is 1.76. The minimum absolute atomic E-state index is 0.305. The number of rotatable bonds is 7. The Kier molecular flexibility index (Phi) is 7.39. The second-order valence-corrected chi connectivity index (χ2v) is 6.35. The van der Waals surface area contributed by atoms with Crippen LogP contribution in [0.1, 0.15) is 10.4 Å². The van der Waals surface area contributed by atoms with Crippen molar-refractivity contribution in [3.63, 3.8) is 0 Å². The van der Waals surface area contributed by atoms with E-state index in [0.717, 1.165) is 3.57 Å². The van der Waals surface area contributed by atoms with Crippen LogP contribution in [0.25, 0.3) is 0 Å². The van der Waals surface area contributed by atoms with Gasteiger partial charge in [0.2, 0.25) is 0 Å². The average molecular weight is 468 g/mol. The fourth-order valence-corrected chi connectivity index (χ4v) is 2.58. The quantitative estimate of drug-likeness (QED) is 0.480. The minimum atomic E-state index is -0.717. The third-order valence-electron chi connectivity index (χ3n) is 3.22. The van der Waals surface area contributed by atoms with Gasteiger partial charge in [-0.25, -0.2) is 0 Å². The number of ether oxygens (including phenoxy) is 2. The lowest BCUT2D eigenvalue weighted by molar-refractivity contribution is -0.146. The van der Waals surface area contributed by atoms with Gasteiger partial charge in [-0.05, 0) is 52.9 Å². The van der Waals surface area contributed by atoms with Crippen LogP contribution in [0.2, 0.25) is 0 Å². The van der Waals surface area contributed by atoms with Crippen molar-refractivity contribution in [2.45, 2.75) is 0 Å². The number of carbonyl (C=O) groups is 3. The van der Waals surface area contributed by atoms with Crippen molar-refractivity contribution < 1.29 is 23.9 Å². The Morgan fingerprint density at radius 2 is 1.85 bits per heavy atom. The van der Waals surface area contributed by atoms with Gasteiger partial charge in [0.1, 0.15) is 12.3 Å². The molecule has 26 heavy (non-hydrogen) atoms. The molecule has 0 saturated heterocycles. The van der Waals surface area contributed by atoms with E-state index in [1.807, 2.05) is 6.07 Å². The van der Waals surface area contributed by atoms with Crippen LogP contribution in [0, 0.1) is 3.57 Å². The maximum atomic E-state index is 12.1. The summed E-state index contributed by atoms with van der Waals surface area (Å²) in [4.78, 5) is 35.5. The van der Waals surface area contributed by atoms with Gasteiger partial charge in [0, 0.05) is 9.26 Å². The highest BCUT2D eigenvalue weighted by Crippen LogP contribution is 2.16. The maximum absolute atomic E-state index is 12.1. The van der Waals surface area contributed by atoms with Crippen molar-refractivity contribution in [1.29, 1.82) is 0 Å². The fraction of sp³-hybridized carbons (Fsp3) is 0.167. The van der Waals surface area contributed by atoms with Crippen LogP contribution < -0.4 is 15.4 Å². The van der Waals surface area contributed by atoms with Crippen molar-refractivity contribution in [2.75, 3.05) is 25.6 Å². The van der Waals surface area contributed by atoms with Crippen molar-refractivity contribution in [3.8, 4) is 5.75 Å². The third kappa shape index (κ3) is 6.03. The number of para-hydroxylation sites is 1. The number of benzene rings is 2. The molecular formula is C18H17IN2O5. The predicted octanol–water partition coefficient (Wildman–Crippen LogP) is 2.21. The first-order valence-electron chi connectivity index (χ1n) is 7.62. The summed E-state index contributed by atoms with van der Waals surface area (Å²) in [7, 11) is 1.45. The van der Waals surface area contributed by atoms with Crippen molar-refractivity contribution >= 4 is 46.1 Å². The highest BCUT2D eigenvalue weighted by Gasteiger charge is 2.14. The lowest BCUT2D eigenvalue weighted by Crippen LogP contribution is -2.32. The average Bonchev–Trinajstić information content (AvgIpc) is 2.64. The molecule has 0 radical (unpaired) electrons. The van der Waals surface area contributed by atoms with E-state index in [9.17, 15) is 14.4 Å². The summed E-state index contributed by atoms with van der Waals surface area (Å²) in [5.41, 5.74) is 0.918. The number of carbonyl (C=O) groups excluding carboxylic acids is 3. The van der Waals surface area contributed by atoms with Gasteiger partial charge in [-0.15, -0.1) is 0 Å². The van der Waals surface area contributed by atoms with Gasteiger partial charge in [-0.3, -0.25) is 14.4 Å². The maximum Gasteiger partial charge on any atom is 0.325 e. The Labute approximate surface area is 164 Å². The summed E-state index contributed by atoms with van der Waals surface area (Å²) < 4.78 is 10.9. The molecule has 0 bridgehead atoms. The van der Waals surface area contributed by atoms with Crippen molar-refractivity contribution in [2.24, 2.45) is 0 Å². The molecule has 136 valence electrons. The molecule has 0 aliphatic rings. The van der Waals surface area contributed by atoms with Crippen molar-refractivity contribution in [3.05, 3.63) is 57.7 Å². The summed E-state index contributed by atoms with van der Waals surface area (Å²) in [5.74, 6) is -1.25. The number of nitrogens with one attached hydrogen (secondary N) is 2. The number of esters is 1. The first kappa shape index (κ1) is 19.7. The Bertz CT molecular complexity index is 810. The second kappa shape index (κ2) is 9.76. The van der Waals surface area contributed by atoms with Crippen LogP contribution in [-0.4, -0.2) is 38.0 Å². The molecule has 0 fully saturated rings. The van der Waals surface area contributed by atoms with E-state index in [1.165, 1.54) is 7.11 Å². The minimum Gasteiger partial charge on any atom is -0.496 e. The molecule has 2 aromatic carbocycles. The zero-order valence-electron chi connectivity index (χ0n) is 14.0. The zero-order chi connectivity index (χ0) is 18.9. The van der Waals surface area contributed by atoms with Crippen LogP contribution in [0.4, 0.5) is 5.69 Å². The van der Waals surface area contributed by atoms with Crippen LogP contribution in [0.15, 0.2) is 48.5 Å². The standard InChI is InChI=1S/C18H17IN2O5/c1-25-15-8-3-2-7-14(15)18(24)20-10-17(23)26-11-16(22)21-13-6-4-5-12(19)9-13/h2-9H,10-11H2,1H3,(H,20,24)(H,21,22). The molecule has 0 aromatic heterocycles. The number of halogens is 1. The normalized spacial score (nSPS) is 9.92. The molecule has 2 N–H and O–H groups in total. The van der Waals surface area contributed by atoms with E-state index in [-0.39, 0.29) is 6.54 Å². The molecule has 7 nitrogen and oxygen atoms in total. The van der Waals surface area contributed by atoms with Gasteiger partial charge in [-0.2, -0.15) is 0 Å². The smallest absolute Gasteiger partial charge is 0.325 e. The number of anilines is 1. The molecular weight excluding hydrogens is 451 g/mol. The Morgan fingerprint density at radius 1 is 1.08 bits per heavy atom. The van der Waals surface area contributed by atoms with Gasteiger partial charge in [0.05, 0.1) is 12.7 Å². The van der Waals surface area contributed by atoms with Crippen LogP contribution in [0.5, 0.6) is 5.75 Å². The summed E-state index contributed by atoms with van der Waals surface area (Å²) in [6.07, 6.45) is 0. The molecule has 0 aliphatic carbocycles. The highest BCUT2D eigenvalue weighted by atomic mass is 127. The number of amides is 2. The topological polar surface area (TPSA) is 93.7 Å². The van der Waals surface area contributed by atoms with E-state index in [1.54, 1.807) is 42.5 Å². The van der Waals surface area contributed by atoms with E-state index < -0.39 is 24.4 Å². The van der Waals surface area contributed by atoms with Gasteiger partial charge >= 0.3 is 5.97 Å². The molecule has 0 spiro atoms. The SMILES string of the molecule is COc1ccccc1C(=O)NCC(=O)OCC(=O)Nc1cccc(I)c1. The molecule has 2 rings (SSSR count). The van der Waals surface area contributed by atoms with Crippen LogP contribution >= 0.6 is 22.6 Å². The zero-order valence-corrected chi connectivity index (χ0v) is 16.1. The summed E-state index contributed by atoms with van der Waals surface area (Å²) in [5, 5.41) is 5.05. The molecule has 0 aliphatic heterocycles. The molecule has 0 heterocycles. The largest absolute Gasteiger partial charge is 0.496 e. The van der Waals surface area contributed by atoms with Gasteiger partial charge < -0.3 is 20.1 Å². The van der Waals surface area contributed by atoms with E-state index >= 15 is 0 Å². The number of methoxy groups -OCH3 is 1. The van der Waals surface area contributed by atoms with Gasteiger partial charge in [0.15, 0.2) is 6.61 Å². The van der Waals surface area contributed by atoms with Crippen LogP contribution in [-0.2, 0) is 14.3 Å². The number of hydrogen-bond donors (Lipinski definition) is 2. The monoisotopic (exact) mass is 468 g/mol. The lowest BCUT2D eigenvalue weighted by atomic mass is 10.2. The first-order valence-corrected chi connectivity index (χ1v) is 8.69. The second-order valence-electron chi connectivity index (χ2n) is 5.10. The van der Waals surface area contributed by atoms with E-state index in [0.29, 0.717) is 17.0 Å². The first-order chi connectivity index (χ1) is 12.5.